The first-order valence-corrected chi connectivity index (χ1v) is 6.65. The molecule has 1 atom stereocenters. The predicted molar refractivity (Wildman–Crippen MR) is 67.2 cm³/mol. The molecule has 5 heteroatoms. The van der Waals surface area contributed by atoms with E-state index in [4.69, 9.17) is 5.11 Å². The molecule has 0 aromatic carbocycles. The van der Waals surface area contributed by atoms with Gasteiger partial charge in [0.25, 0.3) is 0 Å². The van der Waals surface area contributed by atoms with Crippen molar-refractivity contribution in [2.75, 3.05) is 13.1 Å². The van der Waals surface area contributed by atoms with Crippen LogP contribution in [-0.2, 0) is 9.59 Å². The molecule has 18 heavy (non-hydrogen) atoms. The van der Waals surface area contributed by atoms with Crippen molar-refractivity contribution in [1.82, 2.24) is 10.2 Å². The Morgan fingerprint density at radius 3 is 2.72 bits per heavy atom. The van der Waals surface area contributed by atoms with Crippen LogP contribution < -0.4 is 5.32 Å². The lowest BCUT2D eigenvalue weighted by Gasteiger charge is -2.29. The summed E-state index contributed by atoms with van der Waals surface area (Å²) < 4.78 is 0. The molecule has 1 heterocycles. The molecule has 102 valence electrons. The molecule has 2 rings (SSSR count). The Morgan fingerprint density at radius 2 is 2.17 bits per heavy atom. The number of aliphatic carboxylic acids is 1. The zero-order valence-electron chi connectivity index (χ0n) is 11.1. The summed E-state index contributed by atoms with van der Waals surface area (Å²) in [6.07, 6.45) is 2.61. The molecule has 1 amide bonds. The SMILES string of the molecule is CC1(C)CNC(CCC(=O)O)C(=O)N(C2CC2)C1. The number of nitrogens with zero attached hydrogens (tertiary/aromatic N) is 1. The van der Waals surface area contributed by atoms with Crippen LogP contribution in [0, 0.1) is 5.41 Å². The van der Waals surface area contributed by atoms with Crippen molar-refractivity contribution >= 4 is 11.9 Å². The third-order valence-electron chi connectivity index (χ3n) is 3.64. The molecule has 1 aliphatic carbocycles. The molecule has 1 aliphatic heterocycles. The Labute approximate surface area is 108 Å². The third-order valence-corrected chi connectivity index (χ3v) is 3.64. The minimum atomic E-state index is -0.842. The van der Waals surface area contributed by atoms with Gasteiger partial charge in [-0.15, -0.1) is 0 Å². The zero-order chi connectivity index (χ0) is 13.3. The van der Waals surface area contributed by atoms with Crippen molar-refractivity contribution in [3.05, 3.63) is 0 Å². The molecule has 1 saturated heterocycles. The Kier molecular flexibility index (Phi) is 3.61. The third kappa shape index (κ3) is 3.22. The van der Waals surface area contributed by atoms with Gasteiger partial charge < -0.3 is 15.3 Å². The maximum absolute atomic E-state index is 12.4. The number of carboxylic acid groups (broad SMARTS) is 1. The van der Waals surface area contributed by atoms with Crippen molar-refractivity contribution < 1.29 is 14.7 Å². The molecule has 2 aliphatic rings. The molecule has 0 bridgehead atoms. The topological polar surface area (TPSA) is 69.6 Å². The van der Waals surface area contributed by atoms with E-state index in [9.17, 15) is 9.59 Å². The molecular weight excluding hydrogens is 232 g/mol. The summed E-state index contributed by atoms with van der Waals surface area (Å²) in [7, 11) is 0. The highest BCUT2D eigenvalue weighted by Crippen LogP contribution is 2.32. The van der Waals surface area contributed by atoms with E-state index in [1.54, 1.807) is 0 Å². The largest absolute Gasteiger partial charge is 0.481 e. The van der Waals surface area contributed by atoms with Gasteiger partial charge in [0.05, 0.1) is 6.04 Å². The number of carbonyl (C=O) groups excluding carboxylic acids is 1. The fourth-order valence-electron chi connectivity index (χ4n) is 2.47. The normalized spacial score (nSPS) is 28.0. The summed E-state index contributed by atoms with van der Waals surface area (Å²) in [5.74, 6) is -0.754. The Bertz CT molecular complexity index is 350. The second-order valence-corrected chi connectivity index (χ2v) is 6.23. The monoisotopic (exact) mass is 254 g/mol. The molecule has 1 unspecified atom stereocenters. The summed E-state index contributed by atoms with van der Waals surface area (Å²) in [4.78, 5) is 25.0. The Morgan fingerprint density at radius 1 is 1.50 bits per heavy atom. The average Bonchev–Trinajstić information content (AvgIpc) is 3.07. The van der Waals surface area contributed by atoms with Gasteiger partial charge in [-0.1, -0.05) is 13.8 Å². The molecule has 2 N–H and O–H groups in total. The maximum atomic E-state index is 12.4. The van der Waals surface area contributed by atoms with Gasteiger partial charge in [0, 0.05) is 25.6 Å². The van der Waals surface area contributed by atoms with Crippen LogP contribution in [0.4, 0.5) is 0 Å². The molecule has 0 radical (unpaired) electrons. The second-order valence-electron chi connectivity index (χ2n) is 6.23. The number of carboxylic acids is 1. The molecule has 0 aromatic rings. The van der Waals surface area contributed by atoms with Crippen LogP contribution >= 0.6 is 0 Å². The molecule has 2 fully saturated rings. The number of carbonyl (C=O) groups is 2. The average molecular weight is 254 g/mol. The minimum absolute atomic E-state index is 0.0440. The van der Waals surface area contributed by atoms with Crippen LogP contribution in [0.3, 0.4) is 0 Å². The van der Waals surface area contributed by atoms with Crippen LogP contribution in [0.5, 0.6) is 0 Å². The van der Waals surface area contributed by atoms with E-state index in [1.165, 1.54) is 0 Å². The summed E-state index contributed by atoms with van der Waals surface area (Å²) in [5, 5.41) is 12.0. The summed E-state index contributed by atoms with van der Waals surface area (Å²) >= 11 is 0. The van der Waals surface area contributed by atoms with Crippen molar-refractivity contribution in [1.29, 1.82) is 0 Å². The van der Waals surface area contributed by atoms with E-state index >= 15 is 0 Å². The van der Waals surface area contributed by atoms with Gasteiger partial charge >= 0.3 is 5.97 Å². The van der Waals surface area contributed by atoms with Gasteiger partial charge in [0.15, 0.2) is 0 Å². The lowest BCUT2D eigenvalue weighted by atomic mass is 9.93. The highest BCUT2D eigenvalue weighted by molar-refractivity contribution is 5.83. The number of amides is 1. The standard InChI is InChI=1S/C13H22N2O3/c1-13(2)7-14-10(5-6-11(16)17)12(18)15(8-13)9-3-4-9/h9-10,14H,3-8H2,1-2H3,(H,16,17). The molecule has 1 saturated carbocycles. The Hall–Kier alpha value is -1.10. The van der Waals surface area contributed by atoms with Crippen molar-refractivity contribution in [3.63, 3.8) is 0 Å². The predicted octanol–water partition coefficient (Wildman–Crippen LogP) is 0.840. The summed E-state index contributed by atoms with van der Waals surface area (Å²) in [6.45, 7) is 5.81. The number of hydrogen-bond acceptors (Lipinski definition) is 3. The van der Waals surface area contributed by atoms with E-state index < -0.39 is 5.97 Å². The second kappa shape index (κ2) is 4.88. The van der Waals surface area contributed by atoms with Crippen molar-refractivity contribution in [3.8, 4) is 0 Å². The maximum Gasteiger partial charge on any atom is 0.303 e. The highest BCUT2D eigenvalue weighted by Gasteiger charge is 2.41. The Balaban J connectivity index is 2.05. The zero-order valence-corrected chi connectivity index (χ0v) is 11.1. The lowest BCUT2D eigenvalue weighted by molar-refractivity contribution is -0.138. The minimum Gasteiger partial charge on any atom is -0.481 e. The van der Waals surface area contributed by atoms with E-state index in [0.29, 0.717) is 12.5 Å². The summed E-state index contributed by atoms with van der Waals surface area (Å²) in [5.41, 5.74) is 0.0518. The fraction of sp³-hybridized carbons (Fsp3) is 0.846. The van der Waals surface area contributed by atoms with Gasteiger partial charge in [-0.2, -0.15) is 0 Å². The van der Waals surface area contributed by atoms with Crippen LogP contribution in [-0.4, -0.2) is 47.1 Å². The van der Waals surface area contributed by atoms with E-state index in [-0.39, 0.29) is 23.8 Å². The van der Waals surface area contributed by atoms with Gasteiger partial charge in [-0.3, -0.25) is 9.59 Å². The van der Waals surface area contributed by atoms with Gasteiger partial charge in [0.1, 0.15) is 0 Å². The van der Waals surface area contributed by atoms with Gasteiger partial charge in [0.2, 0.25) is 5.91 Å². The van der Waals surface area contributed by atoms with E-state index in [2.05, 4.69) is 19.2 Å². The first kappa shape index (κ1) is 13.3. The van der Waals surface area contributed by atoms with Gasteiger partial charge in [-0.25, -0.2) is 0 Å². The molecule has 0 aromatic heterocycles. The molecule has 5 nitrogen and oxygen atoms in total. The van der Waals surface area contributed by atoms with E-state index in [1.807, 2.05) is 4.90 Å². The van der Waals surface area contributed by atoms with Crippen molar-refractivity contribution in [2.24, 2.45) is 5.41 Å². The van der Waals surface area contributed by atoms with Crippen LogP contribution in [0.15, 0.2) is 0 Å². The first-order valence-electron chi connectivity index (χ1n) is 6.65. The smallest absolute Gasteiger partial charge is 0.303 e. The van der Waals surface area contributed by atoms with Crippen LogP contribution in [0.1, 0.15) is 39.5 Å². The number of nitrogens with one attached hydrogen (secondary N) is 1. The van der Waals surface area contributed by atoms with E-state index in [0.717, 1.165) is 25.9 Å². The van der Waals surface area contributed by atoms with Crippen LogP contribution in [0.2, 0.25) is 0 Å². The van der Waals surface area contributed by atoms with Crippen LogP contribution in [0.25, 0.3) is 0 Å². The quantitative estimate of drug-likeness (QED) is 0.780. The molecule has 0 spiro atoms. The lowest BCUT2D eigenvalue weighted by Crippen LogP contribution is -2.44. The number of rotatable bonds is 4. The molecular formula is C13H22N2O3. The van der Waals surface area contributed by atoms with Crippen molar-refractivity contribution in [2.45, 2.75) is 51.6 Å². The summed E-state index contributed by atoms with van der Waals surface area (Å²) in [6, 6.07) is 0.0625. The van der Waals surface area contributed by atoms with Gasteiger partial charge in [-0.05, 0) is 24.7 Å². The number of hydrogen-bond donors (Lipinski definition) is 2. The fourth-order valence-corrected chi connectivity index (χ4v) is 2.47. The first-order chi connectivity index (χ1) is 8.39. The highest BCUT2D eigenvalue weighted by atomic mass is 16.4.